The van der Waals surface area contributed by atoms with Crippen LogP contribution in [0.1, 0.15) is 12.5 Å². The molecule has 0 amide bonds. The minimum atomic E-state index is -0.295. The summed E-state index contributed by atoms with van der Waals surface area (Å²) in [7, 11) is 1.62. The van der Waals surface area contributed by atoms with Gasteiger partial charge < -0.3 is 10.1 Å². The molecule has 0 unspecified atom stereocenters. The van der Waals surface area contributed by atoms with Gasteiger partial charge in [0.25, 0.3) is 0 Å². The van der Waals surface area contributed by atoms with Crippen molar-refractivity contribution < 1.29 is 9.13 Å². The molecule has 0 saturated carbocycles. The standard InChI is InChI=1S/C16H16FN3OS/c1-11(12-4-3-5-15(10-12)21-2)19-20-16(22)18-14-8-6-13(17)7-9-14/h3-10H,1-2H3,(H2,18,20,22)/b19-11-. The van der Waals surface area contributed by atoms with Gasteiger partial charge in [0.15, 0.2) is 5.11 Å². The summed E-state index contributed by atoms with van der Waals surface area (Å²) in [5.74, 6) is 0.468. The average molecular weight is 317 g/mol. The molecule has 22 heavy (non-hydrogen) atoms. The Labute approximate surface area is 134 Å². The number of thiocarbonyl (C=S) groups is 1. The van der Waals surface area contributed by atoms with E-state index < -0.39 is 0 Å². The molecule has 0 atom stereocenters. The molecule has 0 aliphatic rings. The quantitative estimate of drug-likeness (QED) is 0.514. The average Bonchev–Trinajstić information content (AvgIpc) is 2.55. The molecule has 2 aromatic carbocycles. The van der Waals surface area contributed by atoms with Gasteiger partial charge in [-0.15, -0.1) is 0 Å². The van der Waals surface area contributed by atoms with E-state index in [-0.39, 0.29) is 5.82 Å². The van der Waals surface area contributed by atoms with E-state index in [2.05, 4.69) is 15.8 Å². The predicted molar refractivity (Wildman–Crippen MR) is 91.0 cm³/mol. The van der Waals surface area contributed by atoms with Gasteiger partial charge in [0.05, 0.1) is 12.8 Å². The molecule has 0 aliphatic carbocycles. The number of anilines is 1. The number of hydrogen-bond acceptors (Lipinski definition) is 3. The SMILES string of the molecule is COc1cccc(/C(C)=N\NC(=S)Nc2ccc(F)cc2)c1. The van der Waals surface area contributed by atoms with Crippen molar-refractivity contribution in [3.63, 3.8) is 0 Å². The molecule has 0 aromatic heterocycles. The van der Waals surface area contributed by atoms with Gasteiger partial charge in [0, 0.05) is 11.3 Å². The van der Waals surface area contributed by atoms with Gasteiger partial charge in [-0.3, -0.25) is 5.43 Å². The summed E-state index contributed by atoms with van der Waals surface area (Å²) < 4.78 is 18.0. The lowest BCUT2D eigenvalue weighted by Crippen LogP contribution is -2.24. The minimum Gasteiger partial charge on any atom is -0.497 e. The first-order chi connectivity index (χ1) is 10.6. The maximum absolute atomic E-state index is 12.8. The highest BCUT2D eigenvalue weighted by atomic mass is 32.1. The Morgan fingerprint density at radius 2 is 1.91 bits per heavy atom. The smallest absolute Gasteiger partial charge is 0.191 e. The van der Waals surface area contributed by atoms with E-state index in [1.54, 1.807) is 19.2 Å². The van der Waals surface area contributed by atoms with Crippen LogP contribution in [0.3, 0.4) is 0 Å². The zero-order valence-corrected chi connectivity index (χ0v) is 13.1. The van der Waals surface area contributed by atoms with Crippen LogP contribution < -0.4 is 15.5 Å². The predicted octanol–water partition coefficient (Wildman–Crippen LogP) is 3.54. The lowest BCUT2D eigenvalue weighted by atomic mass is 10.1. The third-order valence-corrected chi connectivity index (χ3v) is 3.11. The third kappa shape index (κ3) is 4.53. The Morgan fingerprint density at radius 1 is 1.18 bits per heavy atom. The second-order valence-corrected chi connectivity index (χ2v) is 4.91. The Balaban J connectivity index is 1.97. The van der Waals surface area contributed by atoms with Crippen molar-refractivity contribution in [1.82, 2.24) is 5.43 Å². The highest BCUT2D eigenvalue weighted by molar-refractivity contribution is 7.80. The summed E-state index contributed by atoms with van der Waals surface area (Å²) in [6, 6.07) is 13.5. The van der Waals surface area contributed by atoms with Crippen LogP contribution in [-0.2, 0) is 0 Å². The summed E-state index contributed by atoms with van der Waals surface area (Å²) in [6.45, 7) is 1.86. The summed E-state index contributed by atoms with van der Waals surface area (Å²) in [5, 5.41) is 7.46. The first-order valence-electron chi connectivity index (χ1n) is 6.60. The van der Waals surface area contributed by atoms with Crippen molar-refractivity contribution in [2.24, 2.45) is 5.10 Å². The largest absolute Gasteiger partial charge is 0.497 e. The second-order valence-electron chi connectivity index (χ2n) is 4.50. The van der Waals surface area contributed by atoms with Gasteiger partial charge >= 0.3 is 0 Å². The van der Waals surface area contributed by atoms with E-state index >= 15 is 0 Å². The summed E-state index contributed by atoms with van der Waals surface area (Å²) in [5.41, 5.74) is 5.14. The van der Waals surface area contributed by atoms with E-state index in [4.69, 9.17) is 17.0 Å². The number of nitrogens with zero attached hydrogens (tertiary/aromatic N) is 1. The van der Waals surface area contributed by atoms with Crippen LogP contribution >= 0.6 is 12.2 Å². The summed E-state index contributed by atoms with van der Waals surface area (Å²) >= 11 is 5.14. The molecule has 0 fully saturated rings. The minimum absolute atomic E-state index is 0.295. The Morgan fingerprint density at radius 3 is 2.59 bits per heavy atom. The first kappa shape index (κ1) is 15.9. The van der Waals surface area contributed by atoms with E-state index in [9.17, 15) is 4.39 Å². The van der Waals surface area contributed by atoms with Crippen molar-refractivity contribution in [3.05, 3.63) is 59.9 Å². The fourth-order valence-corrected chi connectivity index (χ4v) is 1.90. The molecule has 0 bridgehead atoms. The van der Waals surface area contributed by atoms with Crippen LogP contribution in [0.2, 0.25) is 0 Å². The lowest BCUT2D eigenvalue weighted by Gasteiger charge is -2.08. The van der Waals surface area contributed by atoms with Crippen LogP contribution in [0.15, 0.2) is 53.6 Å². The maximum atomic E-state index is 12.8. The zero-order chi connectivity index (χ0) is 15.9. The Kier molecular flexibility index (Phi) is 5.43. The molecule has 0 saturated heterocycles. The Bertz CT molecular complexity index is 686. The third-order valence-electron chi connectivity index (χ3n) is 2.91. The van der Waals surface area contributed by atoms with Crippen LogP contribution in [-0.4, -0.2) is 17.9 Å². The number of hydrogen-bond donors (Lipinski definition) is 2. The molecule has 4 nitrogen and oxygen atoms in total. The molecular weight excluding hydrogens is 301 g/mol. The molecule has 6 heteroatoms. The van der Waals surface area contributed by atoms with Crippen LogP contribution in [0.5, 0.6) is 5.75 Å². The van der Waals surface area contributed by atoms with Crippen molar-refractivity contribution in [2.45, 2.75) is 6.92 Å². The van der Waals surface area contributed by atoms with Crippen molar-refractivity contribution in [3.8, 4) is 5.75 Å². The number of ether oxygens (including phenoxy) is 1. The lowest BCUT2D eigenvalue weighted by molar-refractivity contribution is 0.414. The number of methoxy groups -OCH3 is 1. The monoisotopic (exact) mass is 317 g/mol. The zero-order valence-electron chi connectivity index (χ0n) is 12.3. The molecule has 0 aliphatic heterocycles. The molecular formula is C16H16FN3OS. The van der Waals surface area contributed by atoms with Gasteiger partial charge in [0.1, 0.15) is 11.6 Å². The molecule has 2 N–H and O–H groups in total. The normalized spacial score (nSPS) is 11.0. The van der Waals surface area contributed by atoms with Crippen LogP contribution in [0, 0.1) is 5.82 Å². The van der Waals surface area contributed by atoms with Gasteiger partial charge in [0.2, 0.25) is 0 Å². The van der Waals surface area contributed by atoms with Crippen molar-refractivity contribution >= 4 is 28.7 Å². The van der Waals surface area contributed by atoms with Gasteiger partial charge in [-0.2, -0.15) is 5.10 Å². The van der Waals surface area contributed by atoms with Crippen molar-refractivity contribution in [1.29, 1.82) is 0 Å². The topological polar surface area (TPSA) is 45.6 Å². The van der Waals surface area contributed by atoms with Gasteiger partial charge in [-0.05, 0) is 55.5 Å². The van der Waals surface area contributed by atoms with E-state index in [0.717, 1.165) is 17.0 Å². The number of hydrazone groups is 1. The number of rotatable bonds is 4. The second kappa shape index (κ2) is 7.51. The highest BCUT2D eigenvalue weighted by Gasteiger charge is 2.01. The number of benzene rings is 2. The Hall–Kier alpha value is -2.47. The molecule has 2 aromatic rings. The maximum Gasteiger partial charge on any atom is 0.191 e. The van der Waals surface area contributed by atoms with E-state index in [1.807, 2.05) is 31.2 Å². The highest BCUT2D eigenvalue weighted by Crippen LogP contribution is 2.13. The van der Waals surface area contributed by atoms with Gasteiger partial charge in [-0.1, -0.05) is 12.1 Å². The summed E-state index contributed by atoms with van der Waals surface area (Å²) in [6.07, 6.45) is 0. The number of halogens is 1. The fourth-order valence-electron chi connectivity index (χ4n) is 1.74. The van der Waals surface area contributed by atoms with E-state index in [0.29, 0.717) is 10.8 Å². The van der Waals surface area contributed by atoms with Crippen molar-refractivity contribution in [2.75, 3.05) is 12.4 Å². The van der Waals surface area contributed by atoms with Gasteiger partial charge in [-0.25, -0.2) is 4.39 Å². The van der Waals surface area contributed by atoms with Crippen LogP contribution in [0.25, 0.3) is 0 Å². The van der Waals surface area contributed by atoms with E-state index in [1.165, 1.54) is 12.1 Å². The molecule has 0 spiro atoms. The first-order valence-corrected chi connectivity index (χ1v) is 7.00. The molecule has 0 heterocycles. The fraction of sp³-hybridized carbons (Fsp3) is 0.125. The molecule has 114 valence electrons. The molecule has 0 radical (unpaired) electrons. The molecule has 2 rings (SSSR count). The summed E-state index contributed by atoms with van der Waals surface area (Å²) in [4.78, 5) is 0. The number of nitrogens with one attached hydrogen (secondary N) is 2. The van der Waals surface area contributed by atoms with Crippen LogP contribution in [0.4, 0.5) is 10.1 Å².